The molecule has 0 aliphatic carbocycles. The van der Waals surface area contributed by atoms with Gasteiger partial charge in [-0.3, -0.25) is 9.69 Å². The standard InChI is InChI=1S/C17H23N5O2S.2ClH/c23-16(11-13-3-1-5-18-13)22-8-6-21(7-9-22)12-15-19-17(20-24-15)14-4-2-10-25-14;;/h2,4,10,13,18H,1,3,5-9,11-12H2;2*1H. The lowest BCUT2D eigenvalue weighted by Gasteiger charge is -2.34. The summed E-state index contributed by atoms with van der Waals surface area (Å²) in [5.74, 6) is 1.57. The van der Waals surface area contributed by atoms with E-state index in [1.165, 1.54) is 6.42 Å². The van der Waals surface area contributed by atoms with Gasteiger partial charge in [-0.05, 0) is 30.8 Å². The van der Waals surface area contributed by atoms with Gasteiger partial charge in [0.15, 0.2) is 0 Å². The van der Waals surface area contributed by atoms with E-state index in [1.54, 1.807) is 11.3 Å². The smallest absolute Gasteiger partial charge is 0.241 e. The average molecular weight is 434 g/mol. The Kier molecular flexibility index (Phi) is 8.50. The Morgan fingerprint density at radius 3 is 2.78 bits per heavy atom. The minimum atomic E-state index is 0. The second-order valence-corrected chi connectivity index (χ2v) is 7.59. The van der Waals surface area contributed by atoms with Crippen LogP contribution in [0.5, 0.6) is 0 Å². The van der Waals surface area contributed by atoms with Crippen LogP contribution in [0.25, 0.3) is 10.7 Å². The molecule has 0 saturated carbocycles. The Bertz CT molecular complexity index is 698. The minimum absolute atomic E-state index is 0. The fourth-order valence-corrected chi connectivity index (χ4v) is 4.09. The number of carbonyl (C=O) groups is 1. The number of thiophene rings is 1. The molecule has 4 heterocycles. The molecule has 2 aliphatic rings. The molecule has 2 saturated heterocycles. The predicted molar refractivity (Wildman–Crippen MR) is 110 cm³/mol. The number of piperazine rings is 1. The van der Waals surface area contributed by atoms with Crippen LogP contribution in [0, 0.1) is 0 Å². The molecule has 1 atom stereocenters. The van der Waals surface area contributed by atoms with Crippen LogP contribution in [0.2, 0.25) is 0 Å². The topological polar surface area (TPSA) is 74.5 Å². The van der Waals surface area contributed by atoms with E-state index in [9.17, 15) is 4.79 Å². The zero-order valence-electron chi connectivity index (χ0n) is 15.0. The van der Waals surface area contributed by atoms with Crippen molar-refractivity contribution in [3.8, 4) is 10.7 Å². The SMILES string of the molecule is Cl.Cl.O=C(CC1CCCN1)N1CCN(Cc2nc(-c3cccs3)no2)CC1. The number of rotatable bonds is 5. The highest BCUT2D eigenvalue weighted by atomic mass is 35.5. The first kappa shape index (κ1) is 22.1. The largest absolute Gasteiger partial charge is 0.340 e. The molecule has 10 heteroatoms. The lowest BCUT2D eigenvalue weighted by Crippen LogP contribution is -2.49. The fraction of sp³-hybridized carbons (Fsp3) is 0.588. The van der Waals surface area contributed by atoms with E-state index in [1.807, 2.05) is 22.4 Å². The van der Waals surface area contributed by atoms with Crippen molar-refractivity contribution < 1.29 is 9.32 Å². The normalized spacial score (nSPS) is 20.1. The van der Waals surface area contributed by atoms with Crippen molar-refractivity contribution in [2.24, 2.45) is 0 Å². The van der Waals surface area contributed by atoms with Gasteiger partial charge in [0.05, 0.1) is 11.4 Å². The molecule has 1 unspecified atom stereocenters. The molecule has 2 aliphatic heterocycles. The number of hydrogen-bond acceptors (Lipinski definition) is 7. The van der Waals surface area contributed by atoms with Crippen molar-refractivity contribution in [1.29, 1.82) is 0 Å². The number of carbonyl (C=O) groups excluding carboxylic acids is 1. The van der Waals surface area contributed by atoms with Crippen LogP contribution >= 0.6 is 36.2 Å². The number of amides is 1. The number of halogens is 2. The average Bonchev–Trinajstić information content (AvgIpc) is 3.38. The van der Waals surface area contributed by atoms with Crippen LogP contribution in [0.1, 0.15) is 25.2 Å². The maximum absolute atomic E-state index is 12.4. The van der Waals surface area contributed by atoms with Crippen LogP contribution in [0.15, 0.2) is 22.0 Å². The van der Waals surface area contributed by atoms with Crippen molar-refractivity contribution in [3.05, 3.63) is 23.4 Å². The second-order valence-electron chi connectivity index (χ2n) is 6.64. The van der Waals surface area contributed by atoms with Crippen LogP contribution < -0.4 is 5.32 Å². The molecule has 1 N–H and O–H groups in total. The first-order valence-corrected chi connectivity index (χ1v) is 9.76. The zero-order chi connectivity index (χ0) is 17.1. The summed E-state index contributed by atoms with van der Waals surface area (Å²) < 4.78 is 5.37. The molecule has 7 nitrogen and oxygen atoms in total. The van der Waals surface area contributed by atoms with Crippen LogP contribution in [-0.4, -0.2) is 64.6 Å². The van der Waals surface area contributed by atoms with Crippen LogP contribution in [0.3, 0.4) is 0 Å². The lowest BCUT2D eigenvalue weighted by atomic mass is 10.1. The van der Waals surface area contributed by atoms with E-state index in [0.29, 0.717) is 30.7 Å². The van der Waals surface area contributed by atoms with Crippen LogP contribution in [-0.2, 0) is 11.3 Å². The van der Waals surface area contributed by atoms with Crippen molar-refractivity contribution >= 4 is 42.1 Å². The fourth-order valence-electron chi connectivity index (χ4n) is 3.44. The summed E-state index contributed by atoms with van der Waals surface area (Å²) >= 11 is 1.60. The van der Waals surface area contributed by atoms with E-state index in [0.717, 1.165) is 44.0 Å². The Morgan fingerprint density at radius 2 is 2.11 bits per heavy atom. The van der Waals surface area contributed by atoms with E-state index in [4.69, 9.17) is 4.52 Å². The summed E-state index contributed by atoms with van der Waals surface area (Å²) in [5, 5.41) is 9.45. The van der Waals surface area contributed by atoms with E-state index >= 15 is 0 Å². The molecular weight excluding hydrogens is 409 g/mol. The molecule has 2 aromatic rings. The molecular formula is C17H25Cl2N5O2S. The van der Waals surface area contributed by atoms with Gasteiger partial charge >= 0.3 is 0 Å². The molecule has 0 aromatic carbocycles. The number of aromatic nitrogens is 2. The van der Waals surface area contributed by atoms with Gasteiger partial charge in [-0.15, -0.1) is 36.2 Å². The summed E-state index contributed by atoms with van der Waals surface area (Å²) in [5.41, 5.74) is 0. The number of nitrogens with zero attached hydrogens (tertiary/aromatic N) is 4. The van der Waals surface area contributed by atoms with E-state index in [-0.39, 0.29) is 30.7 Å². The van der Waals surface area contributed by atoms with Crippen molar-refractivity contribution in [3.63, 3.8) is 0 Å². The van der Waals surface area contributed by atoms with Crippen molar-refractivity contribution in [1.82, 2.24) is 25.3 Å². The molecule has 0 spiro atoms. The molecule has 27 heavy (non-hydrogen) atoms. The maximum atomic E-state index is 12.4. The van der Waals surface area contributed by atoms with E-state index in [2.05, 4.69) is 20.4 Å². The summed E-state index contributed by atoms with van der Waals surface area (Å²) in [4.78, 5) is 22.1. The lowest BCUT2D eigenvalue weighted by molar-refractivity contribution is -0.133. The van der Waals surface area contributed by atoms with Crippen LogP contribution in [0.4, 0.5) is 0 Å². The maximum Gasteiger partial charge on any atom is 0.241 e. The third-order valence-corrected chi connectivity index (χ3v) is 5.74. The van der Waals surface area contributed by atoms with Gasteiger partial charge in [-0.1, -0.05) is 11.2 Å². The van der Waals surface area contributed by atoms with Gasteiger partial charge in [0.2, 0.25) is 17.6 Å². The quantitative estimate of drug-likeness (QED) is 0.779. The zero-order valence-corrected chi connectivity index (χ0v) is 17.5. The number of hydrogen-bond donors (Lipinski definition) is 1. The highest BCUT2D eigenvalue weighted by Crippen LogP contribution is 2.21. The highest BCUT2D eigenvalue weighted by Gasteiger charge is 2.25. The summed E-state index contributed by atoms with van der Waals surface area (Å²) in [6.45, 7) is 4.93. The monoisotopic (exact) mass is 433 g/mol. The third kappa shape index (κ3) is 5.65. The highest BCUT2D eigenvalue weighted by molar-refractivity contribution is 7.13. The van der Waals surface area contributed by atoms with Gasteiger partial charge in [0.25, 0.3) is 0 Å². The van der Waals surface area contributed by atoms with Gasteiger partial charge in [-0.2, -0.15) is 4.98 Å². The van der Waals surface area contributed by atoms with E-state index < -0.39 is 0 Å². The predicted octanol–water partition coefficient (Wildman–Crippen LogP) is 2.43. The van der Waals surface area contributed by atoms with Crippen molar-refractivity contribution in [2.45, 2.75) is 31.8 Å². The first-order chi connectivity index (χ1) is 12.3. The summed E-state index contributed by atoms with van der Waals surface area (Å²) in [7, 11) is 0. The van der Waals surface area contributed by atoms with Gasteiger partial charge in [0.1, 0.15) is 0 Å². The van der Waals surface area contributed by atoms with Gasteiger partial charge in [0, 0.05) is 38.6 Å². The molecule has 2 fully saturated rings. The minimum Gasteiger partial charge on any atom is -0.340 e. The Balaban J connectivity index is 0.00000131. The molecule has 150 valence electrons. The third-order valence-electron chi connectivity index (χ3n) is 4.88. The van der Waals surface area contributed by atoms with Gasteiger partial charge in [-0.25, -0.2) is 0 Å². The van der Waals surface area contributed by atoms with Gasteiger partial charge < -0.3 is 14.7 Å². The summed E-state index contributed by atoms with van der Waals surface area (Å²) in [6.07, 6.45) is 2.94. The summed E-state index contributed by atoms with van der Waals surface area (Å²) in [6, 6.07) is 4.34. The first-order valence-electron chi connectivity index (χ1n) is 8.88. The Labute approximate surface area is 175 Å². The van der Waals surface area contributed by atoms with Crippen molar-refractivity contribution in [2.75, 3.05) is 32.7 Å². The number of nitrogens with one attached hydrogen (secondary N) is 1. The molecule has 2 aromatic heterocycles. The Hall–Kier alpha value is -1.19. The molecule has 4 rings (SSSR count). The second kappa shape index (κ2) is 10.4. The Morgan fingerprint density at radius 1 is 1.30 bits per heavy atom. The molecule has 1 amide bonds. The molecule has 0 radical (unpaired) electrons. The molecule has 0 bridgehead atoms.